The first-order valence-electron chi connectivity index (χ1n) is 8.88. The number of hydrogen-bond donors (Lipinski definition) is 0. The minimum atomic E-state index is -4.15. The summed E-state index contributed by atoms with van der Waals surface area (Å²) in [7, 11) is -8.31. The minimum Gasteiger partial charge on any atom is -0.463 e. The molecule has 0 fully saturated rings. The van der Waals surface area contributed by atoms with Crippen LogP contribution in [0.25, 0.3) is 0 Å². The Kier molecular flexibility index (Phi) is 11.9. The van der Waals surface area contributed by atoms with Crippen LogP contribution >= 0.6 is 15.2 Å². The van der Waals surface area contributed by atoms with Gasteiger partial charge in [-0.15, -0.1) is 0 Å². The lowest BCUT2D eigenvalue weighted by Gasteiger charge is -2.39. The predicted octanol–water partition coefficient (Wildman–Crippen LogP) is 4.33. The maximum Gasteiger partial charge on any atom is 0.374 e. The third-order valence-corrected chi connectivity index (χ3v) is 9.45. The molecule has 0 unspecified atom stereocenters. The molecule has 0 atom stereocenters. The fraction of sp³-hybridized carbons (Fsp3) is 0.812. The molecule has 0 aromatic rings. The van der Waals surface area contributed by atoms with Crippen molar-refractivity contribution in [3.8, 4) is 0 Å². The predicted molar refractivity (Wildman–Crippen MR) is 102 cm³/mol. The zero-order valence-corrected chi connectivity index (χ0v) is 18.8. The highest BCUT2D eigenvalue weighted by Crippen LogP contribution is 2.78. The van der Waals surface area contributed by atoms with Crippen LogP contribution in [0, 0.1) is 0 Å². The Morgan fingerprint density at radius 3 is 1.48 bits per heavy atom. The van der Waals surface area contributed by atoms with Crippen molar-refractivity contribution in [3.63, 3.8) is 0 Å². The van der Waals surface area contributed by atoms with Crippen molar-refractivity contribution in [1.82, 2.24) is 0 Å². The maximum absolute atomic E-state index is 13.5. The monoisotopic (exact) mass is 430 g/mol. The highest BCUT2D eigenvalue weighted by atomic mass is 31.2. The molecule has 0 aromatic carbocycles. The Labute approximate surface area is 161 Å². The molecule has 0 radical (unpaired) electrons. The summed E-state index contributed by atoms with van der Waals surface area (Å²) < 4.78 is 58.9. The molecule has 160 valence electrons. The lowest BCUT2D eigenvalue weighted by atomic mass is 10.3. The molecule has 0 saturated carbocycles. The van der Waals surface area contributed by atoms with E-state index in [1.54, 1.807) is 34.6 Å². The summed E-state index contributed by atoms with van der Waals surface area (Å²) in [5.41, 5.74) is -0.0535. The van der Waals surface area contributed by atoms with Crippen molar-refractivity contribution in [1.29, 1.82) is 0 Å². The fourth-order valence-electron chi connectivity index (χ4n) is 2.06. The third-order valence-electron chi connectivity index (χ3n) is 3.30. The molecule has 0 aromatic heterocycles. The first kappa shape index (κ1) is 26.5. The van der Waals surface area contributed by atoms with Crippen molar-refractivity contribution in [3.05, 3.63) is 12.2 Å². The maximum atomic E-state index is 13.5. The summed E-state index contributed by atoms with van der Waals surface area (Å²) in [6.07, 6.45) is 0. The highest BCUT2D eigenvalue weighted by Gasteiger charge is 2.63. The number of rotatable bonds is 15. The Morgan fingerprint density at radius 1 is 0.815 bits per heavy atom. The zero-order chi connectivity index (χ0) is 21.1. The number of hydrogen-bond acceptors (Lipinski definition) is 9. The van der Waals surface area contributed by atoms with Gasteiger partial charge in [0.15, 0.2) is 0 Å². The topological polar surface area (TPSA) is 107 Å². The van der Waals surface area contributed by atoms with Crippen molar-refractivity contribution in [2.45, 2.75) is 46.6 Å². The first-order valence-corrected chi connectivity index (χ1v) is 12.0. The number of esters is 1. The van der Waals surface area contributed by atoms with Gasteiger partial charge in [0.2, 0.25) is 0 Å². The molecule has 0 heterocycles. The van der Waals surface area contributed by atoms with Gasteiger partial charge in [-0.2, -0.15) is 0 Å². The molecule has 0 spiro atoms. The van der Waals surface area contributed by atoms with Gasteiger partial charge >= 0.3 is 21.2 Å². The van der Waals surface area contributed by atoms with E-state index < -0.39 is 32.9 Å². The molecule has 0 rings (SSSR count). The number of carbonyl (C=O) groups excluding carboxylic acids is 1. The molecular formula is C16H32O9P2. The zero-order valence-electron chi connectivity index (χ0n) is 17.0. The van der Waals surface area contributed by atoms with Crippen LogP contribution in [0.3, 0.4) is 0 Å². The molecule has 11 heteroatoms. The molecule has 0 aliphatic rings. The van der Waals surface area contributed by atoms with Gasteiger partial charge in [0.25, 0.3) is 5.08 Å². The van der Waals surface area contributed by atoms with Crippen LogP contribution < -0.4 is 0 Å². The third kappa shape index (κ3) is 6.50. The number of carbonyl (C=O) groups is 1. The molecule has 0 aliphatic carbocycles. The van der Waals surface area contributed by atoms with Crippen LogP contribution in [0.4, 0.5) is 0 Å². The summed E-state index contributed by atoms with van der Waals surface area (Å²) >= 11 is 0. The Bertz CT molecular complexity index is 526. The molecule has 0 aliphatic heterocycles. The quantitative estimate of drug-likeness (QED) is 0.213. The van der Waals surface area contributed by atoms with Crippen molar-refractivity contribution in [2.24, 2.45) is 0 Å². The van der Waals surface area contributed by atoms with Crippen molar-refractivity contribution < 1.29 is 41.5 Å². The lowest BCUT2D eigenvalue weighted by molar-refractivity contribution is -0.139. The second-order valence-corrected chi connectivity index (χ2v) is 10.3. The normalized spacial score (nSPS) is 12.8. The summed E-state index contributed by atoms with van der Waals surface area (Å²) in [5, 5.41) is -2.12. The van der Waals surface area contributed by atoms with E-state index in [1.165, 1.54) is 6.92 Å². The Hall–Kier alpha value is -0.530. The molecular weight excluding hydrogens is 398 g/mol. The first-order chi connectivity index (χ1) is 12.6. The van der Waals surface area contributed by atoms with E-state index in [1.807, 2.05) is 0 Å². The van der Waals surface area contributed by atoms with Gasteiger partial charge in [0.1, 0.15) is 0 Å². The van der Waals surface area contributed by atoms with Crippen LogP contribution in [0.5, 0.6) is 0 Å². The summed E-state index contributed by atoms with van der Waals surface area (Å²) in [6.45, 7) is 12.7. The average Bonchev–Trinajstić information content (AvgIpc) is 2.60. The van der Waals surface area contributed by atoms with Gasteiger partial charge in [0.05, 0.1) is 45.2 Å². The molecule has 27 heavy (non-hydrogen) atoms. The largest absolute Gasteiger partial charge is 0.463 e. The minimum absolute atomic E-state index is 0.00724. The molecule has 0 amide bonds. The van der Waals surface area contributed by atoms with Crippen LogP contribution in [0.1, 0.15) is 41.5 Å². The van der Waals surface area contributed by atoms with E-state index in [4.69, 9.17) is 27.6 Å². The van der Waals surface area contributed by atoms with Gasteiger partial charge in [-0.25, -0.2) is 4.79 Å². The SMILES string of the molecule is C=C(COC(C)(P(=O)(OCC)OCC)P(=O)(OCC)OCC)C(=O)OCC. The van der Waals surface area contributed by atoms with Gasteiger partial charge in [-0.1, -0.05) is 6.58 Å². The van der Waals surface area contributed by atoms with Crippen LogP contribution in [-0.4, -0.2) is 50.7 Å². The summed E-state index contributed by atoms with van der Waals surface area (Å²) in [5.74, 6) is -0.690. The van der Waals surface area contributed by atoms with Crippen molar-refractivity contribution >= 4 is 21.2 Å². The second kappa shape index (κ2) is 12.1. The van der Waals surface area contributed by atoms with Gasteiger partial charge < -0.3 is 27.6 Å². The Morgan fingerprint density at radius 2 is 1.19 bits per heavy atom. The molecule has 0 bridgehead atoms. The summed E-state index contributed by atoms with van der Waals surface area (Å²) in [4.78, 5) is 11.8. The van der Waals surface area contributed by atoms with Crippen LogP contribution in [-0.2, 0) is 41.5 Å². The molecule has 0 N–H and O–H groups in total. The Balaban J connectivity index is 6.06. The standard InChI is InChI=1S/C16H32O9P2/c1-8-20-15(17)14(6)13-21-16(7,26(18,22-9-2)23-10-3)27(19,24-11-4)25-12-5/h6,8-13H2,1-5,7H3. The van der Waals surface area contributed by atoms with E-state index in [9.17, 15) is 13.9 Å². The van der Waals surface area contributed by atoms with Gasteiger partial charge in [0, 0.05) is 0 Å². The molecule has 9 nitrogen and oxygen atoms in total. The van der Waals surface area contributed by atoms with Crippen LogP contribution in [0.15, 0.2) is 12.2 Å². The lowest BCUT2D eigenvalue weighted by Crippen LogP contribution is -2.34. The average molecular weight is 430 g/mol. The molecule has 0 saturated heterocycles. The van der Waals surface area contributed by atoms with E-state index in [-0.39, 0.29) is 38.6 Å². The second-order valence-electron chi connectivity index (χ2n) is 5.21. The van der Waals surface area contributed by atoms with E-state index in [2.05, 4.69) is 6.58 Å². The van der Waals surface area contributed by atoms with Gasteiger partial charge in [-0.05, 0) is 41.5 Å². The summed E-state index contributed by atoms with van der Waals surface area (Å²) in [6, 6.07) is 0. The number of ether oxygens (including phenoxy) is 2. The van der Waals surface area contributed by atoms with Crippen LogP contribution in [0.2, 0.25) is 0 Å². The smallest absolute Gasteiger partial charge is 0.374 e. The fourth-order valence-corrected chi connectivity index (χ4v) is 6.86. The van der Waals surface area contributed by atoms with E-state index >= 15 is 0 Å². The highest BCUT2D eigenvalue weighted by molar-refractivity contribution is 7.73. The van der Waals surface area contributed by atoms with Gasteiger partial charge in [-0.3, -0.25) is 9.13 Å². The van der Waals surface area contributed by atoms with E-state index in [0.717, 1.165) is 0 Å². The van der Waals surface area contributed by atoms with E-state index in [0.29, 0.717) is 0 Å². The van der Waals surface area contributed by atoms with Crippen molar-refractivity contribution in [2.75, 3.05) is 39.6 Å².